The summed E-state index contributed by atoms with van der Waals surface area (Å²) >= 11 is 0. The van der Waals surface area contributed by atoms with Gasteiger partial charge < -0.3 is 10.2 Å². The summed E-state index contributed by atoms with van der Waals surface area (Å²) in [5.74, 6) is -0.671. The SMILES string of the molecule is O=C(O)c1ccc2c(c1)-c1ccc(O)cc1C2. The molecule has 0 bridgehead atoms. The Morgan fingerprint density at radius 1 is 1.00 bits per heavy atom. The first-order valence-corrected chi connectivity index (χ1v) is 5.33. The third kappa shape index (κ3) is 1.47. The summed E-state index contributed by atoms with van der Waals surface area (Å²) < 4.78 is 0. The van der Waals surface area contributed by atoms with Crippen molar-refractivity contribution in [2.24, 2.45) is 0 Å². The lowest BCUT2D eigenvalue weighted by atomic mass is 10.0. The molecule has 0 atom stereocenters. The summed E-state index contributed by atoms with van der Waals surface area (Å²) in [7, 11) is 0. The first kappa shape index (κ1) is 9.90. The number of hydrogen-bond acceptors (Lipinski definition) is 2. The second kappa shape index (κ2) is 3.35. The molecule has 0 saturated carbocycles. The van der Waals surface area contributed by atoms with Gasteiger partial charge in [0, 0.05) is 0 Å². The lowest BCUT2D eigenvalue weighted by Gasteiger charge is -2.02. The topological polar surface area (TPSA) is 57.5 Å². The molecule has 3 rings (SSSR count). The summed E-state index contributed by atoms with van der Waals surface area (Å²) in [6.07, 6.45) is 0.749. The van der Waals surface area contributed by atoms with Crippen LogP contribution in [0.1, 0.15) is 21.5 Å². The molecule has 0 unspecified atom stereocenters. The number of phenolic OH excluding ortho intramolecular Hbond substituents is 1. The lowest BCUT2D eigenvalue weighted by molar-refractivity contribution is 0.0697. The molecule has 84 valence electrons. The van der Waals surface area contributed by atoms with Crippen molar-refractivity contribution in [2.75, 3.05) is 0 Å². The van der Waals surface area contributed by atoms with E-state index < -0.39 is 5.97 Å². The Labute approximate surface area is 98.0 Å². The molecule has 0 heterocycles. The van der Waals surface area contributed by atoms with E-state index in [1.807, 2.05) is 12.1 Å². The molecule has 3 nitrogen and oxygen atoms in total. The van der Waals surface area contributed by atoms with Gasteiger partial charge in [0.15, 0.2) is 0 Å². The van der Waals surface area contributed by atoms with Gasteiger partial charge in [-0.2, -0.15) is 0 Å². The second-order valence-electron chi connectivity index (χ2n) is 4.20. The first-order chi connectivity index (χ1) is 8.15. The first-order valence-electron chi connectivity index (χ1n) is 5.33. The molecule has 2 aromatic carbocycles. The molecule has 0 amide bonds. The molecular weight excluding hydrogens is 216 g/mol. The normalized spacial score (nSPS) is 12.0. The largest absolute Gasteiger partial charge is 0.508 e. The summed E-state index contributed by atoms with van der Waals surface area (Å²) in [6.45, 7) is 0. The van der Waals surface area contributed by atoms with Crippen LogP contribution in [-0.2, 0) is 6.42 Å². The number of phenols is 1. The van der Waals surface area contributed by atoms with Gasteiger partial charge in [-0.1, -0.05) is 12.1 Å². The Balaban J connectivity index is 2.20. The van der Waals surface area contributed by atoms with E-state index in [0.29, 0.717) is 5.56 Å². The molecule has 2 aromatic rings. The highest BCUT2D eigenvalue weighted by molar-refractivity contribution is 5.91. The van der Waals surface area contributed by atoms with Gasteiger partial charge in [0.25, 0.3) is 0 Å². The van der Waals surface area contributed by atoms with Crippen molar-refractivity contribution in [2.45, 2.75) is 6.42 Å². The van der Waals surface area contributed by atoms with Crippen LogP contribution >= 0.6 is 0 Å². The Bertz CT molecular complexity index is 629. The van der Waals surface area contributed by atoms with Gasteiger partial charge >= 0.3 is 5.97 Å². The molecule has 1 aliphatic carbocycles. The maximum absolute atomic E-state index is 10.9. The van der Waals surface area contributed by atoms with Crippen molar-refractivity contribution in [3.8, 4) is 16.9 Å². The molecule has 2 N–H and O–H groups in total. The molecule has 3 heteroatoms. The van der Waals surface area contributed by atoms with Crippen LogP contribution in [0.5, 0.6) is 5.75 Å². The number of aromatic hydroxyl groups is 1. The van der Waals surface area contributed by atoms with Crippen molar-refractivity contribution in [3.05, 3.63) is 53.1 Å². The Morgan fingerprint density at radius 2 is 1.82 bits per heavy atom. The Kier molecular flexibility index (Phi) is 1.95. The summed E-state index contributed by atoms with van der Waals surface area (Å²) in [4.78, 5) is 10.9. The molecular formula is C14H10O3. The molecule has 0 radical (unpaired) electrons. The molecule has 17 heavy (non-hydrogen) atoms. The molecule has 0 aliphatic heterocycles. The number of rotatable bonds is 1. The van der Waals surface area contributed by atoms with Gasteiger partial charge in [0.2, 0.25) is 0 Å². The number of benzene rings is 2. The summed E-state index contributed by atoms with van der Waals surface area (Å²) in [6, 6.07) is 10.3. The van der Waals surface area contributed by atoms with Crippen LogP contribution in [0.15, 0.2) is 36.4 Å². The van der Waals surface area contributed by atoms with Crippen molar-refractivity contribution in [1.29, 1.82) is 0 Å². The minimum atomic E-state index is -0.917. The number of fused-ring (bicyclic) bond motifs is 3. The zero-order valence-electron chi connectivity index (χ0n) is 8.97. The third-order valence-corrected chi connectivity index (χ3v) is 3.12. The number of hydrogen-bond donors (Lipinski definition) is 2. The van der Waals surface area contributed by atoms with Crippen molar-refractivity contribution >= 4 is 5.97 Å². The quantitative estimate of drug-likeness (QED) is 0.670. The molecule has 1 aliphatic rings. The van der Waals surface area contributed by atoms with Crippen molar-refractivity contribution in [3.63, 3.8) is 0 Å². The maximum atomic E-state index is 10.9. The van der Waals surface area contributed by atoms with E-state index in [-0.39, 0.29) is 5.75 Å². The highest BCUT2D eigenvalue weighted by Gasteiger charge is 2.19. The zero-order valence-corrected chi connectivity index (χ0v) is 8.97. The highest BCUT2D eigenvalue weighted by Crippen LogP contribution is 2.38. The minimum absolute atomic E-state index is 0.245. The van der Waals surface area contributed by atoms with Crippen molar-refractivity contribution in [1.82, 2.24) is 0 Å². The van der Waals surface area contributed by atoms with Crippen LogP contribution in [0.4, 0.5) is 0 Å². The average molecular weight is 226 g/mol. The van der Waals surface area contributed by atoms with Crippen LogP contribution < -0.4 is 0 Å². The number of carboxylic acids is 1. The monoisotopic (exact) mass is 226 g/mol. The fourth-order valence-electron chi connectivity index (χ4n) is 2.31. The van der Waals surface area contributed by atoms with E-state index in [1.165, 1.54) is 0 Å². The van der Waals surface area contributed by atoms with Crippen LogP contribution in [0.3, 0.4) is 0 Å². The van der Waals surface area contributed by atoms with E-state index in [9.17, 15) is 9.90 Å². The van der Waals surface area contributed by atoms with Gasteiger partial charge in [-0.15, -0.1) is 0 Å². The molecule has 0 spiro atoms. The molecule has 0 fully saturated rings. The average Bonchev–Trinajstić information content (AvgIpc) is 2.64. The summed E-state index contributed by atoms with van der Waals surface area (Å²) in [5, 5.41) is 18.4. The maximum Gasteiger partial charge on any atom is 0.335 e. The van der Waals surface area contributed by atoms with Gasteiger partial charge in [0.05, 0.1) is 5.56 Å². The van der Waals surface area contributed by atoms with E-state index in [2.05, 4.69) is 0 Å². The van der Waals surface area contributed by atoms with E-state index in [4.69, 9.17) is 5.11 Å². The smallest absolute Gasteiger partial charge is 0.335 e. The predicted octanol–water partition coefficient (Wildman–Crippen LogP) is 2.66. The lowest BCUT2D eigenvalue weighted by Crippen LogP contribution is -1.96. The van der Waals surface area contributed by atoms with Crippen LogP contribution in [0, 0.1) is 0 Å². The van der Waals surface area contributed by atoms with E-state index in [1.54, 1.807) is 24.3 Å². The molecule has 0 saturated heterocycles. The van der Waals surface area contributed by atoms with Gasteiger partial charge in [-0.3, -0.25) is 0 Å². The van der Waals surface area contributed by atoms with Crippen LogP contribution in [0.2, 0.25) is 0 Å². The van der Waals surface area contributed by atoms with Crippen molar-refractivity contribution < 1.29 is 15.0 Å². The second-order valence-corrected chi connectivity index (χ2v) is 4.20. The minimum Gasteiger partial charge on any atom is -0.508 e. The number of carbonyl (C=O) groups is 1. The predicted molar refractivity (Wildman–Crippen MR) is 63.3 cm³/mol. The van der Waals surface area contributed by atoms with Crippen LogP contribution in [-0.4, -0.2) is 16.2 Å². The van der Waals surface area contributed by atoms with Crippen LogP contribution in [0.25, 0.3) is 11.1 Å². The Hall–Kier alpha value is -2.29. The standard InChI is InChI=1S/C14H10O3/c15-11-3-4-12-10(6-11)5-8-1-2-9(14(16)17)7-13(8)12/h1-4,6-7,15H,5H2,(H,16,17). The van der Waals surface area contributed by atoms with Gasteiger partial charge in [0.1, 0.15) is 5.75 Å². The summed E-state index contributed by atoms with van der Waals surface area (Å²) in [5.41, 5.74) is 4.42. The van der Waals surface area contributed by atoms with E-state index in [0.717, 1.165) is 28.7 Å². The van der Waals surface area contributed by atoms with Gasteiger partial charge in [-0.25, -0.2) is 4.79 Å². The Morgan fingerprint density at radius 3 is 2.59 bits per heavy atom. The number of aromatic carboxylic acids is 1. The van der Waals surface area contributed by atoms with Gasteiger partial charge in [-0.05, 0) is 52.9 Å². The highest BCUT2D eigenvalue weighted by atomic mass is 16.4. The fourth-order valence-corrected chi connectivity index (χ4v) is 2.31. The third-order valence-electron chi connectivity index (χ3n) is 3.12. The zero-order chi connectivity index (χ0) is 12.0. The fraction of sp³-hybridized carbons (Fsp3) is 0.0714. The number of carboxylic acid groups (broad SMARTS) is 1. The molecule has 0 aromatic heterocycles. The van der Waals surface area contributed by atoms with E-state index >= 15 is 0 Å².